The molecule has 0 saturated carbocycles. The van der Waals surface area contributed by atoms with Crippen molar-refractivity contribution in [2.24, 2.45) is 0 Å². The van der Waals surface area contributed by atoms with Gasteiger partial charge in [0.05, 0.1) is 4.90 Å². The highest BCUT2D eigenvalue weighted by Gasteiger charge is 2.34. The number of carbonyl (C=O) groups excluding carboxylic acids is 1. The quantitative estimate of drug-likeness (QED) is 0.825. The first-order valence-electron chi connectivity index (χ1n) is 5.56. The van der Waals surface area contributed by atoms with E-state index in [9.17, 15) is 13.2 Å². The summed E-state index contributed by atoms with van der Waals surface area (Å²) in [5.41, 5.74) is 0. The molecule has 1 aliphatic rings. The molecule has 1 aromatic rings. The molecule has 98 valence electrons. The number of amides is 1. The second kappa shape index (κ2) is 5.16. The first-order chi connectivity index (χ1) is 9.07. The third kappa shape index (κ3) is 2.46. The van der Waals surface area contributed by atoms with E-state index in [1.807, 2.05) is 0 Å². The number of sulfonamides is 1. The van der Waals surface area contributed by atoms with Crippen LogP contribution in [0.1, 0.15) is 6.42 Å². The van der Waals surface area contributed by atoms with E-state index in [-0.39, 0.29) is 11.3 Å². The lowest BCUT2D eigenvalue weighted by atomic mass is 10.2. The summed E-state index contributed by atoms with van der Waals surface area (Å²) in [7, 11) is -3.78. The summed E-state index contributed by atoms with van der Waals surface area (Å²) in [6, 6.07) is 7.00. The topological polar surface area (TPSA) is 66.5 Å². The normalized spacial score (nSPS) is 18.8. The van der Waals surface area contributed by atoms with Gasteiger partial charge in [-0.15, -0.1) is 12.3 Å². The summed E-state index contributed by atoms with van der Waals surface area (Å²) >= 11 is 0. The van der Waals surface area contributed by atoms with Crippen LogP contribution in [0.4, 0.5) is 0 Å². The molecule has 0 aliphatic carbocycles. The molecule has 0 radical (unpaired) electrons. The molecule has 6 heteroatoms. The molecule has 0 bridgehead atoms. The maximum atomic E-state index is 12.4. The van der Waals surface area contributed by atoms with Gasteiger partial charge in [-0.05, 0) is 12.1 Å². The van der Waals surface area contributed by atoms with Crippen LogP contribution in [0.2, 0.25) is 0 Å². The third-order valence-corrected chi connectivity index (χ3v) is 4.49. The van der Waals surface area contributed by atoms with E-state index in [1.54, 1.807) is 18.2 Å². The van der Waals surface area contributed by atoms with Gasteiger partial charge in [-0.1, -0.05) is 18.2 Å². The Balaban J connectivity index is 2.44. The molecule has 0 saturated heterocycles. The molecule has 1 aromatic carbocycles. The first-order valence-corrected chi connectivity index (χ1v) is 7.00. The van der Waals surface area contributed by atoms with E-state index in [0.717, 1.165) is 4.31 Å². The number of rotatable bonds is 3. The van der Waals surface area contributed by atoms with Crippen molar-refractivity contribution >= 4 is 15.9 Å². The largest absolute Gasteiger partial charge is 0.329 e. The van der Waals surface area contributed by atoms with Crippen molar-refractivity contribution in [3.8, 4) is 12.3 Å². The fourth-order valence-electron chi connectivity index (χ4n) is 1.76. The van der Waals surface area contributed by atoms with Crippen LogP contribution in [-0.4, -0.2) is 24.7 Å². The maximum Gasteiger partial charge on any atom is 0.264 e. The summed E-state index contributed by atoms with van der Waals surface area (Å²) in [5.74, 6) is 1.89. The lowest BCUT2D eigenvalue weighted by Gasteiger charge is -2.30. The van der Waals surface area contributed by atoms with Crippen molar-refractivity contribution in [3.05, 3.63) is 42.7 Å². The summed E-state index contributed by atoms with van der Waals surface area (Å²) in [5, 5.41) is 2.45. The van der Waals surface area contributed by atoms with Gasteiger partial charge in [0.25, 0.3) is 10.0 Å². The van der Waals surface area contributed by atoms with Crippen LogP contribution >= 0.6 is 0 Å². The molecule has 0 fully saturated rings. The molecule has 0 unspecified atom stereocenters. The first kappa shape index (κ1) is 13.2. The molecule has 1 N–H and O–H groups in total. The van der Waals surface area contributed by atoms with Crippen molar-refractivity contribution in [3.63, 3.8) is 0 Å². The van der Waals surface area contributed by atoms with E-state index < -0.39 is 22.0 Å². The van der Waals surface area contributed by atoms with Gasteiger partial charge in [0.1, 0.15) is 6.04 Å². The van der Waals surface area contributed by atoms with Gasteiger partial charge in [-0.3, -0.25) is 9.10 Å². The van der Waals surface area contributed by atoms with Gasteiger partial charge in [0.2, 0.25) is 5.91 Å². The van der Waals surface area contributed by atoms with E-state index >= 15 is 0 Å². The Hall–Kier alpha value is -2.26. The van der Waals surface area contributed by atoms with Crippen LogP contribution in [0.3, 0.4) is 0 Å². The standard InChI is InChI=1S/C13H12N2O3S/c1-2-6-12-13(16)14-9-10-15(12)19(17,18)11-7-4-3-5-8-11/h1,3-5,7-10,12H,6H2,(H,14,16)/t12-/m1/s1. The predicted molar refractivity (Wildman–Crippen MR) is 70.0 cm³/mol. The summed E-state index contributed by atoms with van der Waals surface area (Å²) < 4.78 is 25.9. The minimum atomic E-state index is -3.78. The average molecular weight is 276 g/mol. The summed E-state index contributed by atoms with van der Waals surface area (Å²) in [6.07, 6.45) is 7.81. The third-order valence-electron chi connectivity index (χ3n) is 2.69. The van der Waals surface area contributed by atoms with Crippen molar-refractivity contribution in [1.82, 2.24) is 9.62 Å². The zero-order chi connectivity index (χ0) is 13.9. The molecule has 0 aromatic heterocycles. The molecule has 0 spiro atoms. The Labute approximate surface area is 112 Å². The predicted octanol–water partition coefficient (Wildman–Crippen LogP) is 0.670. The fourth-order valence-corrected chi connectivity index (χ4v) is 3.24. The van der Waals surface area contributed by atoms with Crippen LogP contribution in [0.25, 0.3) is 0 Å². The Kier molecular flexibility index (Phi) is 3.58. The van der Waals surface area contributed by atoms with Crippen LogP contribution < -0.4 is 5.32 Å². The van der Waals surface area contributed by atoms with Crippen LogP contribution in [0.15, 0.2) is 47.6 Å². The molecule has 5 nitrogen and oxygen atoms in total. The monoisotopic (exact) mass is 276 g/mol. The number of hydrogen-bond acceptors (Lipinski definition) is 3. The minimum absolute atomic E-state index is 0.0161. The summed E-state index contributed by atoms with van der Waals surface area (Å²) in [4.78, 5) is 11.8. The van der Waals surface area contributed by atoms with E-state index in [2.05, 4.69) is 11.2 Å². The zero-order valence-corrected chi connectivity index (χ0v) is 10.8. The number of nitrogens with one attached hydrogen (secondary N) is 1. The Morgan fingerprint density at radius 3 is 2.63 bits per heavy atom. The summed E-state index contributed by atoms with van der Waals surface area (Å²) in [6.45, 7) is 0. The molecule has 2 rings (SSSR count). The van der Waals surface area contributed by atoms with Crippen LogP contribution in [0, 0.1) is 12.3 Å². The molecule has 1 atom stereocenters. The Morgan fingerprint density at radius 1 is 1.32 bits per heavy atom. The van der Waals surface area contributed by atoms with Crippen molar-refractivity contribution in [2.75, 3.05) is 0 Å². The van der Waals surface area contributed by atoms with Crippen LogP contribution in [-0.2, 0) is 14.8 Å². The molecule has 1 heterocycles. The van der Waals surface area contributed by atoms with E-state index in [0.29, 0.717) is 0 Å². The number of nitrogens with zero attached hydrogens (tertiary/aromatic N) is 1. The highest BCUT2D eigenvalue weighted by atomic mass is 32.2. The van der Waals surface area contributed by atoms with Crippen LogP contribution in [0.5, 0.6) is 0 Å². The minimum Gasteiger partial charge on any atom is -0.329 e. The second-order valence-corrected chi connectivity index (χ2v) is 5.74. The van der Waals surface area contributed by atoms with Gasteiger partial charge in [-0.2, -0.15) is 0 Å². The molecular weight excluding hydrogens is 264 g/mol. The zero-order valence-electron chi connectivity index (χ0n) is 9.98. The molecular formula is C13H12N2O3S. The fraction of sp³-hybridized carbons (Fsp3) is 0.154. The number of hydrogen-bond donors (Lipinski definition) is 1. The second-order valence-electron chi connectivity index (χ2n) is 3.90. The Morgan fingerprint density at radius 2 is 2.00 bits per heavy atom. The highest BCUT2D eigenvalue weighted by Crippen LogP contribution is 2.21. The maximum absolute atomic E-state index is 12.4. The van der Waals surface area contributed by atoms with Gasteiger partial charge in [0, 0.05) is 18.8 Å². The van der Waals surface area contributed by atoms with Crippen molar-refractivity contribution < 1.29 is 13.2 Å². The van der Waals surface area contributed by atoms with Crippen molar-refractivity contribution in [2.45, 2.75) is 17.4 Å². The lowest BCUT2D eigenvalue weighted by Crippen LogP contribution is -2.48. The molecule has 1 amide bonds. The average Bonchev–Trinajstić information content (AvgIpc) is 2.42. The lowest BCUT2D eigenvalue weighted by molar-refractivity contribution is -0.123. The molecule has 19 heavy (non-hydrogen) atoms. The van der Waals surface area contributed by atoms with Gasteiger partial charge < -0.3 is 5.32 Å². The van der Waals surface area contributed by atoms with E-state index in [1.165, 1.54) is 24.5 Å². The highest BCUT2D eigenvalue weighted by molar-refractivity contribution is 7.89. The van der Waals surface area contributed by atoms with Gasteiger partial charge in [-0.25, -0.2) is 8.42 Å². The number of benzene rings is 1. The van der Waals surface area contributed by atoms with Gasteiger partial charge in [0.15, 0.2) is 0 Å². The number of carbonyl (C=O) groups is 1. The van der Waals surface area contributed by atoms with Crippen molar-refractivity contribution in [1.29, 1.82) is 0 Å². The smallest absolute Gasteiger partial charge is 0.264 e. The SMILES string of the molecule is C#CC[C@@H]1C(=O)NC=CN1S(=O)(=O)c1ccccc1. The van der Waals surface area contributed by atoms with Gasteiger partial charge >= 0.3 is 0 Å². The molecule has 1 aliphatic heterocycles. The van der Waals surface area contributed by atoms with E-state index in [4.69, 9.17) is 6.42 Å². The number of terminal acetylenes is 1. The Bertz CT molecular complexity index is 644.